The molecular formula is C19H15F3N4O2S. The predicted octanol–water partition coefficient (Wildman–Crippen LogP) is 4.33. The van der Waals surface area contributed by atoms with Crippen LogP contribution in [0.2, 0.25) is 0 Å². The molecule has 2 N–H and O–H groups in total. The van der Waals surface area contributed by atoms with Gasteiger partial charge in [0.1, 0.15) is 5.69 Å². The molecule has 0 radical (unpaired) electrons. The molecule has 0 bridgehead atoms. The summed E-state index contributed by atoms with van der Waals surface area (Å²) in [5.74, 6) is 0.312. The lowest BCUT2D eigenvalue weighted by atomic mass is 10.1. The first-order valence-electron chi connectivity index (χ1n) is 8.20. The number of aromatic nitrogens is 2. The minimum Gasteiger partial charge on any atom is -0.338 e. The molecule has 1 aromatic heterocycles. The molecule has 0 saturated carbocycles. The van der Waals surface area contributed by atoms with E-state index in [0.29, 0.717) is 22.8 Å². The molecule has 0 aliphatic heterocycles. The highest BCUT2D eigenvalue weighted by atomic mass is 32.2. The number of nitrogens with zero attached hydrogens (tertiary/aromatic N) is 2. The summed E-state index contributed by atoms with van der Waals surface area (Å²) in [5.41, 5.74) is 0.625. The number of benzene rings is 2. The Bertz CT molecular complexity index is 1110. The summed E-state index contributed by atoms with van der Waals surface area (Å²) in [6.45, 7) is 3.33. The fourth-order valence-corrected chi connectivity index (χ4v) is 3.34. The van der Waals surface area contributed by atoms with Crippen LogP contribution in [-0.4, -0.2) is 18.4 Å². The minimum absolute atomic E-state index is 0.0438. The second kappa shape index (κ2) is 7.92. The molecule has 0 unspecified atom stereocenters. The van der Waals surface area contributed by atoms with Crippen molar-refractivity contribution in [3.05, 3.63) is 79.3 Å². The standard InChI is InChI=1S/C19H15F3N4O2S/c1-2-25-29(27,28)16-9-3-13(4-10-16)17-18(24-12-11-23-17)26-15-7-5-14(6-8-15)19(20,21)22/h2-12,25H,1H2,(H,24,26). The third kappa shape index (κ3) is 4.72. The molecular weight excluding hydrogens is 405 g/mol. The summed E-state index contributed by atoms with van der Waals surface area (Å²) in [6, 6.07) is 10.4. The predicted molar refractivity (Wildman–Crippen MR) is 103 cm³/mol. The van der Waals surface area contributed by atoms with E-state index in [1.165, 1.54) is 36.7 Å². The van der Waals surface area contributed by atoms with Gasteiger partial charge in [0.25, 0.3) is 10.0 Å². The van der Waals surface area contributed by atoms with Gasteiger partial charge in [-0.25, -0.2) is 13.4 Å². The summed E-state index contributed by atoms with van der Waals surface area (Å²) >= 11 is 0. The van der Waals surface area contributed by atoms with Gasteiger partial charge in [-0.15, -0.1) is 0 Å². The average molecular weight is 420 g/mol. The van der Waals surface area contributed by atoms with Crippen LogP contribution in [0.1, 0.15) is 5.56 Å². The molecule has 150 valence electrons. The number of sulfonamides is 1. The second-order valence-corrected chi connectivity index (χ2v) is 7.52. The van der Waals surface area contributed by atoms with Crippen molar-refractivity contribution in [2.45, 2.75) is 11.1 Å². The molecule has 1 heterocycles. The van der Waals surface area contributed by atoms with Crippen LogP contribution < -0.4 is 10.0 Å². The number of hydrogen-bond acceptors (Lipinski definition) is 5. The monoisotopic (exact) mass is 420 g/mol. The van der Waals surface area contributed by atoms with Gasteiger partial charge in [-0.1, -0.05) is 18.7 Å². The van der Waals surface area contributed by atoms with E-state index in [4.69, 9.17) is 0 Å². The fourth-order valence-electron chi connectivity index (χ4n) is 2.49. The highest BCUT2D eigenvalue weighted by Crippen LogP contribution is 2.31. The van der Waals surface area contributed by atoms with Gasteiger partial charge in [0.05, 0.1) is 10.5 Å². The van der Waals surface area contributed by atoms with Crippen LogP contribution >= 0.6 is 0 Å². The summed E-state index contributed by atoms with van der Waals surface area (Å²) in [6.07, 6.45) is -0.462. The Hall–Kier alpha value is -3.40. The van der Waals surface area contributed by atoms with Gasteiger partial charge in [-0.2, -0.15) is 13.2 Å². The van der Waals surface area contributed by atoms with Crippen molar-refractivity contribution >= 4 is 21.5 Å². The Morgan fingerprint density at radius 3 is 2.14 bits per heavy atom. The molecule has 3 rings (SSSR count). The summed E-state index contributed by atoms with van der Waals surface area (Å²) in [5, 5.41) is 2.93. The Labute approximate surface area is 165 Å². The highest BCUT2D eigenvalue weighted by Gasteiger charge is 2.30. The third-order valence-corrected chi connectivity index (χ3v) is 5.22. The maximum Gasteiger partial charge on any atom is 0.416 e. The number of nitrogens with one attached hydrogen (secondary N) is 2. The zero-order chi connectivity index (χ0) is 21.1. The van der Waals surface area contributed by atoms with E-state index in [1.807, 2.05) is 0 Å². The van der Waals surface area contributed by atoms with Crippen molar-refractivity contribution < 1.29 is 21.6 Å². The maximum absolute atomic E-state index is 12.7. The first kappa shape index (κ1) is 20.3. The first-order valence-corrected chi connectivity index (χ1v) is 9.68. The van der Waals surface area contributed by atoms with Crippen LogP contribution in [0.3, 0.4) is 0 Å². The molecule has 0 amide bonds. The summed E-state index contributed by atoms with van der Waals surface area (Å²) in [4.78, 5) is 8.47. The Kier molecular flexibility index (Phi) is 5.55. The van der Waals surface area contributed by atoms with Crippen LogP contribution in [0.15, 0.2) is 78.6 Å². The normalized spacial score (nSPS) is 11.7. The minimum atomic E-state index is -4.42. The zero-order valence-electron chi connectivity index (χ0n) is 14.8. The quantitative estimate of drug-likeness (QED) is 0.620. The highest BCUT2D eigenvalue weighted by molar-refractivity contribution is 7.89. The largest absolute Gasteiger partial charge is 0.416 e. The van der Waals surface area contributed by atoms with Crippen molar-refractivity contribution in [2.75, 3.05) is 5.32 Å². The molecule has 0 aliphatic carbocycles. The van der Waals surface area contributed by atoms with Crippen LogP contribution in [0.5, 0.6) is 0 Å². The van der Waals surface area contributed by atoms with E-state index in [0.717, 1.165) is 18.3 Å². The van der Waals surface area contributed by atoms with E-state index in [-0.39, 0.29) is 4.90 Å². The van der Waals surface area contributed by atoms with Crippen LogP contribution in [0.25, 0.3) is 11.3 Å². The van der Waals surface area contributed by atoms with Gasteiger partial charge in [0.15, 0.2) is 5.82 Å². The number of anilines is 2. The van der Waals surface area contributed by atoms with E-state index in [2.05, 4.69) is 26.6 Å². The molecule has 0 atom stereocenters. The molecule has 2 aromatic carbocycles. The van der Waals surface area contributed by atoms with Crippen molar-refractivity contribution in [1.82, 2.24) is 14.7 Å². The lowest BCUT2D eigenvalue weighted by Gasteiger charge is -2.12. The third-order valence-electron chi connectivity index (χ3n) is 3.85. The molecule has 0 aliphatic rings. The topological polar surface area (TPSA) is 84.0 Å². The van der Waals surface area contributed by atoms with E-state index in [9.17, 15) is 21.6 Å². The average Bonchev–Trinajstić information content (AvgIpc) is 2.68. The van der Waals surface area contributed by atoms with E-state index >= 15 is 0 Å². The van der Waals surface area contributed by atoms with E-state index in [1.54, 1.807) is 12.1 Å². The molecule has 0 fully saturated rings. The smallest absolute Gasteiger partial charge is 0.338 e. The fraction of sp³-hybridized carbons (Fsp3) is 0.0526. The van der Waals surface area contributed by atoms with Crippen molar-refractivity contribution in [2.24, 2.45) is 0 Å². The van der Waals surface area contributed by atoms with Crippen molar-refractivity contribution in [3.8, 4) is 11.3 Å². The molecule has 3 aromatic rings. The van der Waals surface area contributed by atoms with Crippen LogP contribution in [0.4, 0.5) is 24.7 Å². The number of halogens is 3. The Morgan fingerprint density at radius 2 is 1.55 bits per heavy atom. The van der Waals surface area contributed by atoms with Gasteiger partial charge >= 0.3 is 6.18 Å². The van der Waals surface area contributed by atoms with Crippen LogP contribution in [0, 0.1) is 0 Å². The molecule has 10 heteroatoms. The lowest BCUT2D eigenvalue weighted by molar-refractivity contribution is -0.137. The molecule has 0 saturated heterocycles. The molecule has 6 nitrogen and oxygen atoms in total. The van der Waals surface area contributed by atoms with E-state index < -0.39 is 21.8 Å². The van der Waals surface area contributed by atoms with Gasteiger partial charge in [0.2, 0.25) is 0 Å². The Balaban J connectivity index is 1.89. The van der Waals surface area contributed by atoms with Gasteiger partial charge in [-0.05, 0) is 36.4 Å². The molecule has 0 spiro atoms. The summed E-state index contributed by atoms with van der Waals surface area (Å²) in [7, 11) is -3.70. The van der Waals surface area contributed by atoms with Crippen molar-refractivity contribution in [1.29, 1.82) is 0 Å². The van der Waals surface area contributed by atoms with Crippen molar-refractivity contribution in [3.63, 3.8) is 0 Å². The maximum atomic E-state index is 12.7. The first-order chi connectivity index (χ1) is 13.7. The molecule has 29 heavy (non-hydrogen) atoms. The van der Waals surface area contributed by atoms with Gasteiger partial charge in [0, 0.05) is 29.8 Å². The summed E-state index contributed by atoms with van der Waals surface area (Å²) < 4.78 is 64.2. The van der Waals surface area contributed by atoms with Crippen LogP contribution in [-0.2, 0) is 16.2 Å². The number of rotatable bonds is 6. The zero-order valence-corrected chi connectivity index (χ0v) is 15.6. The van der Waals surface area contributed by atoms with Gasteiger partial charge < -0.3 is 5.32 Å². The lowest BCUT2D eigenvalue weighted by Crippen LogP contribution is -2.17. The second-order valence-electron chi connectivity index (χ2n) is 5.80. The SMILES string of the molecule is C=CNS(=O)(=O)c1ccc(-c2nccnc2Nc2ccc(C(F)(F)F)cc2)cc1. The number of alkyl halides is 3. The Morgan fingerprint density at radius 1 is 0.931 bits per heavy atom. The van der Waals surface area contributed by atoms with Gasteiger partial charge in [-0.3, -0.25) is 9.71 Å². The number of hydrogen-bond donors (Lipinski definition) is 2.